The highest BCUT2D eigenvalue weighted by molar-refractivity contribution is 14.1. The monoisotopic (exact) mass is 402 g/mol. The Morgan fingerprint density at radius 2 is 2.30 bits per heavy atom. The molecule has 0 spiro atoms. The van der Waals surface area contributed by atoms with E-state index in [4.69, 9.17) is 4.42 Å². The van der Waals surface area contributed by atoms with Gasteiger partial charge in [-0.2, -0.15) is 0 Å². The predicted octanol–water partition coefficient (Wildman–Crippen LogP) is 3.45. The number of aromatic nitrogens is 2. The quantitative estimate of drug-likeness (QED) is 0.469. The zero-order valence-corrected chi connectivity index (χ0v) is 13.5. The average molecular weight is 402 g/mol. The van der Waals surface area contributed by atoms with Crippen molar-refractivity contribution in [3.05, 3.63) is 44.2 Å². The second-order valence-corrected chi connectivity index (χ2v) is 6.02. The Morgan fingerprint density at radius 1 is 1.50 bits per heavy atom. The third-order valence-corrected chi connectivity index (χ3v) is 3.83. The van der Waals surface area contributed by atoms with Crippen molar-refractivity contribution in [1.82, 2.24) is 10.2 Å². The number of aliphatic carboxylic acids is 1. The van der Waals surface area contributed by atoms with Gasteiger partial charge in [-0.1, -0.05) is 19.1 Å². The molecular weight excluding hydrogens is 391 g/mol. The SMILES string of the molecule is CCc1nnc(S/C(=C\c2cccc(I)c2)C(=O)O)o1. The van der Waals surface area contributed by atoms with Crippen molar-refractivity contribution in [3.8, 4) is 0 Å². The van der Waals surface area contributed by atoms with Crippen molar-refractivity contribution in [2.45, 2.75) is 18.6 Å². The fraction of sp³-hybridized carbons (Fsp3) is 0.154. The summed E-state index contributed by atoms with van der Waals surface area (Å²) in [5.74, 6) is -0.531. The van der Waals surface area contributed by atoms with Gasteiger partial charge in [-0.25, -0.2) is 4.79 Å². The predicted molar refractivity (Wildman–Crippen MR) is 84.3 cm³/mol. The van der Waals surface area contributed by atoms with Crippen molar-refractivity contribution < 1.29 is 14.3 Å². The van der Waals surface area contributed by atoms with Crippen LogP contribution in [0.15, 0.2) is 38.8 Å². The summed E-state index contributed by atoms with van der Waals surface area (Å²) in [6, 6.07) is 7.56. The topological polar surface area (TPSA) is 76.2 Å². The normalized spacial score (nSPS) is 11.6. The summed E-state index contributed by atoms with van der Waals surface area (Å²) in [7, 11) is 0. The molecule has 20 heavy (non-hydrogen) atoms. The summed E-state index contributed by atoms with van der Waals surface area (Å²) in [4.78, 5) is 11.4. The molecule has 0 bridgehead atoms. The lowest BCUT2D eigenvalue weighted by Crippen LogP contribution is -1.96. The Hall–Kier alpha value is -1.35. The minimum atomic E-state index is -1.02. The van der Waals surface area contributed by atoms with Gasteiger partial charge < -0.3 is 9.52 Å². The number of carboxylic acid groups (broad SMARTS) is 1. The van der Waals surface area contributed by atoms with Crippen molar-refractivity contribution in [2.24, 2.45) is 0 Å². The first-order valence-electron chi connectivity index (χ1n) is 5.79. The molecule has 2 rings (SSSR count). The fourth-order valence-electron chi connectivity index (χ4n) is 1.40. The molecule has 7 heteroatoms. The molecule has 0 aliphatic carbocycles. The third kappa shape index (κ3) is 4.07. The van der Waals surface area contributed by atoms with Crippen LogP contribution < -0.4 is 0 Å². The van der Waals surface area contributed by atoms with Gasteiger partial charge in [0.05, 0.1) is 0 Å². The maximum atomic E-state index is 11.3. The largest absolute Gasteiger partial charge is 0.477 e. The highest BCUT2D eigenvalue weighted by Gasteiger charge is 2.14. The van der Waals surface area contributed by atoms with Crippen molar-refractivity contribution >= 4 is 46.4 Å². The summed E-state index contributed by atoms with van der Waals surface area (Å²) in [5.41, 5.74) is 0.817. The van der Waals surface area contributed by atoms with Crippen LogP contribution in [0.3, 0.4) is 0 Å². The Bertz CT molecular complexity index is 655. The van der Waals surface area contributed by atoms with Crippen molar-refractivity contribution in [2.75, 3.05) is 0 Å². The lowest BCUT2D eigenvalue weighted by atomic mass is 10.2. The van der Waals surface area contributed by atoms with E-state index in [0.29, 0.717) is 12.3 Å². The van der Waals surface area contributed by atoms with Gasteiger partial charge in [-0.05, 0) is 58.1 Å². The van der Waals surface area contributed by atoms with Crippen molar-refractivity contribution in [3.63, 3.8) is 0 Å². The van der Waals surface area contributed by atoms with Gasteiger partial charge in [0.1, 0.15) is 4.91 Å². The molecule has 0 saturated carbocycles. The van der Waals surface area contributed by atoms with Crippen LogP contribution >= 0.6 is 34.4 Å². The molecule has 0 aliphatic rings. The standard InChI is InChI=1S/C13H11IN2O3S/c1-2-11-15-16-13(19-11)20-10(12(17)18)7-8-4-3-5-9(14)6-8/h3-7H,2H2,1H3,(H,17,18)/b10-7-. The van der Waals surface area contributed by atoms with Gasteiger partial charge in [-0.3, -0.25) is 0 Å². The molecule has 104 valence electrons. The molecular formula is C13H11IN2O3S. The summed E-state index contributed by atoms with van der Waals surface area (Å²) in [6.45, 7) is 1.89. The maximum Gasteiger partial charge on any atom is 0.342 e. The van der Waals surface area contributed by atoms with E-state index in [1.807, 2.05) is 31.2 Å². The fourth-order valence-corrected chi connectivity index (χ4v) is 2.66. The molecule has 0 unspecified atom stereocenters. The van der Waals surface area contributed by atoms with E-state index >= 15 is 0 Å². The number of hydrogen-bond acceptors (Lipinski definition) is 5. The average Bonchev–Trinajstić information content (AvgIpc) is 2.85. The van der Waals surface area contributed by atoms with Crippen molar-refractivity contribution in [1.29, 1.82) is 0 Å². The van der Waals surface area contributed by atoms with Gasteiger partial charge in [0, 0.05) is 9.99 Å². The lowest BCUT2D eigenvalue weighted by Gasteiger charge is -1.99. The van der Waals surface area contributed by atoms with Crippen LogP contribution in [0.5, 0.6) is 0 Å². The Kier molecular flexibility index (Phi) is 5.18. The van der Waals surface area contributed by atoms with Gasteiger partial charge in [0.15, 0.2) is 0 Å². The molecule has 0 aliphatic heterocycles. The van der Waals surface area contributed by atoms with Crippen LogP contribution in [0.25, 0.3) is 6.08 Å². The first kappa shape index (κ1) is 15.0. The minimum Gasteiger partial charge on any atom is -0.477 e. The van der Waals surface area contributed by atoms with E-state index in [1.54, 1.807) is 6.08 Å². The van der Waals surface area contributed by atoms with E-state index in [0.717, 1.165) is 20.9 Å². The number of hydrogen-bond donors (Lipinski definition) is 1. The number of carbonyl (C=O) groups is 1. The van der Waals surface area contributed by atoms with Crippen LogP contribution in [0, 0.1) is 3.57 Å². The summed E-state index contributed by atoms with van der Waals surface area (Å²) < 4.78 is 6.35. The Labute approximate surface area is 133 Å². The van der Waals surface area contributed by atoms with E-state index < -0.39 is 5.97 Å². The molecule has 1 heterocycles. The first-order chi connectivity index (χ1) is 9.58. The smallest absolute Gasteiger partial charge is 0.342 e. The molecule has 0 atom stereocenters. The van der Waals surface area contributed by atoms with Crippen LogP contribution in [0.1, 0.15) is 18.4 Å². The maximum absolute atomic E-state index is 11.3. The second-order valence-electron chi connectivity index (χ2n) is 3.79. The molecule has 1 aromatic heterocycles. The van der Waals surface area contributed by atoms with Crippen LogP contribution in [-0.4, -0.2) is 21.3 Å². The number of aryl methyl sites for hydroxylation is 1. The Morgan fingerprint density at radius 3 is 2.90 bits per heavy atom. The highest BCUT2D eigenvalue weighted by atomic mass is 127. The second kappa shape index (κ2) is 6.89. The molecule has 0 radical (unpaired) electrons. The minimum absolute atomic E-state index is 0.137. The molecule has 5 nitrogen and oxygen atoms in total. The van der Waals surface area contributed by atoms with E-state index in [1.165, 1.54) is 0 Å². The number of halogens is 1. The number of rotatable bonds is 5. The lowest BCUT2D eigenvalue weighted by molar-refractivity contribution is -0.131. The summed E-state index contributed by atoms with van der Waals surface area (Å²) >= 11 is 3.13. The Balaban J connectivity index is 2.25. The van der Waals surface area contributed by atoms with Gasteiger partial charge >= 0.3 is 5.97 Å². The summed E-state index contributed by atoms with van der Waals surface area (Å²) in [6.07, 6.45) is 2.21. The highest BCUT2D eigenvalue weighted by Crippen LogP contribution is 2.27. The van der Waals surface area contributed by atoms with Gasteiger partial charge in [-0.15, -0.1) is 10.2 Å². The van der Waals surface area contributed by atoms with Crippen LogP contribution in [0.4, 0.5) is 0 Å². The molecule has 1 N–H and O–H groups in total. The molecule has 1 aromatic carbocycles. The van der Waals surface area contributed by atoms with E-state index in [9.17, 15) is 9.90 Å². The summed E-state index contributed by atoms with van der Waals surface area (Å²) in [5, 5.41) is 17.1. The van der Waals surface area contributed by atoms with E-state index in [-0.39, 0.29) is 10.1 Å². The van der Waals surface area contributed by atoms with Gasteiger partial charge in [0.25, 0.3) is 5.22 Å². The first-order valence-corrected chi connectivity index (χ1v) is 7.69. The van der Waals surface area contributed by atoms with Crippen LogP contribution in [0.2, 0.25) is 0 Å². The zero-order valence-electron chi connectivity index (χ0n) is 10.5. The number of benzene rings is 1. The third-order valence-electron chi connectivity index (χ3n) is 2.31. The molecule has 0 fully saturated rings. The molecule has 2 aromatic rings. The van der Waals surface area contributed by atoms with Crippen LogP contribution in [-0.2, 0) is 11.2 Å². The number of carboxylic acids is 1. The number of thioether (sulfide) groups is 1. The molecule has 0 amide bonds. The molecule has 0 saturated heterocycles. The van der Waals surface area contributed by atoms with Gasteiger partial charge in [0.2, 0.25) is 5.89 Å². The number of nitrogens with zero attached hydrogens (tertiary/aromatic N) is 2. The zero-order chi connectivity index (χ0) is 14.5. The van der Waals surface area contributed by atoms with E-state index in [2.05, 4.69) is 32.8 Å².